The van der Waals surface area contributed by atoms with Crippen LogP contribution in [0.25, 0.3) is 0 Å². The van der Waals surface area contributed by atoms with Crippen LogP contribution in [0.1, 0.15) is 31.4 Å². The minimum atomic E-state index is -3.64. The fourth-order valence-corrected chi connectivity index (χ4v) is 4.60. The molecule has 118 valence electrons. The predicted octanol–water partition coefficient (Wildman–Crippen LogP) is 2.27. The average Bonchev–Trinajstić information content (AvgIpc) is 2.75. The van der Waals surface area contributed by atoms with Crippen molar-refractivity contribution >= 4 is 10.0 Å². The zero-order valence-corrected chi connectivity index (χ0v) is 13.8. The second kappa shape index (κ2) is 5.66. The molecule has 6 heteroatoms. The van der Waals surface area contributed by atoms with Gasteiger partial charge in [0.1, 0.15) is 5.82 Å². The summed E-state index contributed by atoms with van der Waals surface area (Å²) in [6.07, 6.45) is 0.823. The van der Waals surface area contributed by atoms with E-state index in [9.17, 15) is 12.8 Å². The molecule has 1 aromatic carbocycles. The van der Waals surface area contributed by atoms with Crippen molar-refractivity contribution in [1.82, 2.24) is 9.62 Å². The van der Waals surface area contributed by atoms with Crippen LogP contribution in [0.5, 0.6) is 0 Å². The third-order valence-electron chi connectivity index (χ3n) is 4.00. The van der Waals surface area contributed by atoms with E-state index in [1.165, 1.54) is 17.3 Å². The molecule has 0 aromatic heterocycles. The van der Waals surface area contributed by atoms with Gasteiger partial charge in [-0.05, 0) is 43.5 Å². The van der Waals surface area contributed by atoms with Gasteiger partial charge in [0.2, 0.25) is 10.0 Å². The Morgan fingerprint density at radius 3 is 2.57 bits per heavy atom. The standard InChI is InChI=1S/C15H23FN2O2S/c1-11-13(16)7-12(9-17-4)8-14(11)21(19,20)18-6-5-15(2,3)10-18/h7-8,17H,5-6,9-10H2,1-4H3. The number of sulfonamides is 1. The summed E-state index contributed by atoms with van der Waals surface area (Å²) in [7, 11) is -1.89. The summed E-state index contributed by atoms with van der Waals surface area (Å²) in [5.74, 6) is -0.472. The van der Waals surface area contributed by atoms with Crippen LogP contribution in [0.3, 0.4) is 0 Å². The first-order chi connectivity index (χ1) is 9.67. The molecule has 1 N–H and O–H groups in total. The number of hydrogen-bond acceptors (Lipinski definition) is 3. The first-order valence-corrected chi connectivity index (χ1v) is 8.55. The van der Waals surface area contributed by atoms with Crippen LogP contribution < -0.4 is 5.32 Å². The summed E-state index contributed by atoms with van der Waals surface area (Å²) in [5, 5.41) is 2.92. The lowest BCUT2D eigenvalue weighted by atomic mass is 9.93. The Morgan fingerprint density at radius 1 is 1.38 bits per heavy atom. The van der Waals surface area contributed by atoms with Crippen LogP contribution in [0.15, 0.2) is 17.0 Å². The van der Waals surface area contributed by atoms with Gasteiger partial charge in [-0.3, -0.25) is 0 Å². The topological polar surface area (TPSA) is 49.4 Å². The van der Waals surface area contributed by atoms with Crippen molar-refractivity contribution in [3.05, 3.63) is 29.1 Å². The summed E-state index contributed by atoms with van der Waals surface area (Å²) >= 11 is 0. The van der Waals surface area contributed by atoms with Crippen LogP contribution in [-0.2, 0) is 16.6 Å². The number of nitrogens with one attached hydrogen (secondary N) is 1. The van der Waals surface area contributed by atoms with Gasteiger partial charge in [0.15, 0.2) is 0 Å². The normalized spacial score (nSPS) is 19.1. The lowest BCUT2D eigenvalue weighted by Crippen LogP contribution is -2.31. The van der Waals surface area contributed by atoms with Crippen molar-refractivity contribution < 1.29 is 12.8 Å². The van der Waals surface area contributed by atoms with Crippen molar-refractivity contribution in [2.45, 2.75) is 38.6 Å². The number of halogens is 1. The summed E-state index contributed by atoms with van der Waals surface area (Å²) in [6, 6.07) is 2.97. The molecule has 1 fully saturated rings. The Hall–Kier alpha value is -0.980. The molecule has 21 heavy (non-hydrogen) atoms. The van der Waals surface area contributed by atoms with Gasteiger partial charge >= 0.3 is 0 Å². The van der Waals surface area contributed by atoms with E-state index in [0.29, 0.717) is 25.2 Å². The van der Waals surface area contributed by atoms with Crippen molar-refractivity contribution in [1.29, 1.82) is 0 Å². The highest BCUT2D eigenvalue weighted by Crippen LogP contribution is 2.34. The molecule has 0 amide bonds. The predicted molar refractivity (Wildman–Crippen MR) is 81.1 cm³/mol. The highest BCUT2D eigenvalue weighted by molar-refractivity contribution is 7.89. The average molecular weight is 314 g/mol. The Balaban J connectivity index is 2.45. The molecule has 1 saturated heterocycles. The van der Waals surface area contributed by atoms with E-state index in [4.69, 9.17) is 0 Å². The van der Waals surface area contributed by atoms with Gasteiger partial charge < -0.3 is 5.32 Å². The molecule has 0 spiro atoms. The second-order valence-electron chi connectivity index (χ2n) is 6.48. The molecule has 0 bridgehead atoms. The van der Waals surface area contributed by atoms with Crippen LogP contribution in [0.4, 0.5) is 4.39 Å². The zero-order valence-electron chi connectivity index (χ0n) is 13.0. The van der Waals surface area contributed by atoms with Gasteiger partial charge in [0.05, 0.1) is 4.90 Å². The van der Waals surface area contributed by atoms with Crippen molar-refractivity contribution in [2.24, 2.45) is 5.41 Å². The monoisotopic (exact) mass is 314 g/mol. The summed E-state index contributed by atoms with van der Waals surface area (Å²) in [4.78, 5) is 0.0884. The summed E-state index contributed by atoms with van der Waals surface area (Å²) in [6.45, 7) is 7.03. The molecule has 0 unspecified atom stereocenters. The van der Waals surface area contributed by atoms with Crippen LogP contribution in [-0.4, -0.2) is 32.9 Å². The minimum Gasteiger partial charge on any atom is -0.316 e. The minimum absolute atomic E-state index is 0.0257. The second-order valence-corrected chi connectivity index (χ2v) is 8.39. The van der Waals surface area contributed by atoms with Crippen LogP contribution >= 0.6 is 0 Å². The molecule has 0 atom stereocenters. The number of benzene rings is 1. The van der Waals surface area contributed by atoms with Crippen LogP contribution in [0.2, 0.25) is 0 Å². The van der Waals surface area contributed by atoms with Crippen molar-refractivity contribution in [3.63, 3.8) is 0 Å². The molecule has 4 nitrogen and oxygen atoms in total. The number of rotatable bonds is 4. The van der Waals surface area contributed by atoms with E-state index in [-0.39, 0.29) is 15.9 Å². The Labute approximate surface area is 126 Å². The van der Waals surface area contributed by atoms with Crippen molar-refractivity contribution in [3.8, 4) is 0 Å². The lowest BCUT2D eigenvalue weighted by Gasteiger charge is -2.21. The van der Waals surface area contributed by atoms with E-state index >= 15 is 0 Å². The Kier molecular flexibility index (Phi) is 4.42. The van der Waals surface area contributed by atoms with Gasteiger partial charge in [-0.25, -0.2) is 12.8 Å². The maximum atomic E-state index is 14.0. The molecule has 0 aliphatic carbocycles. The molecular weight excluding hydrogens is 291 g/mol. The number of hydrogen-bond donors (Lipinski definition) is 1. The third kappa shape index (κ3) is 3.27. The molecule has 1 aliphatic heterocycles. The molecule has 1 heterocycles. The van der Waals surface area contributed by atoms with Crippen LogP contribution in [0, 0.1) is 18.2 Å². The summed E-state index contributed by atoms with van der Waals surface area (Å²) < 4.78 is 41.1. The quantitative estimate of drug-likeness (QED) is 0.927. The molecule has 1 aliphatic rings. The third-order valence-corrected chi connectivity index (χ3v) is 5.97. The molecular formula is C15H23FN2O2S. The SMILES string of the molecule is CNCc1cc(F)c(C)c(S(=O)(=O)N2CCC(C)(C)C2)c1. The fourth-order valence-electron chi connectivity index (χ4n) is 2.69. The van der Waals surface area contributed by atoms with Gasteiger partial charge in [-0.15, -0.1) is 0 Å². The van der Waals surface area contributed by atoms with Crippen molar-refractivity contribution in [2.75, 3.05) is 20.1 Å². The summed E-state index contributed by atoms with van der Waals surface area (Å²) in [5.41, 5.74) is 0.805. The largest absolute Gasteiger partial charge is 0.316 e. The van der Waals surface area contributed by atoms with E-state index < -0.39 is 15.8 Å². The van der Waals surface area contributed by atoms with E-state index in [2.05, 4.69) is 5.32 Å². The molecule has 1 aromatic rings. The maximum Gasteiger partial charge on any atom is 0.243 e. The van der Waals surface area contributed by atoms with E-state index in [1.54, 1.807) is 13.1 Å². The first-order valence-electron chi connectivity index (χ1n) is 7.11. The Morgan fingerprint density at radius 2 is 2.05 bits per heavy atom. The first kappa shape index (κ1) is 16.4. The smallest absolute Gasteiger partial charge is 0.243 e. The van der Waals surface area contributed by atoms with Gasteiger partial charge in [0.25, 0.3) is 0 Å². The Bertz CT molecular complexity index is 641. The van der Waals surface area contributed by atoms with E-state index in [1.807, 2.05) is 13.8 Å². The zero-order chi connectivity index (χ0) is 15.8. The lowest BCUT2D eigenvalue weighted by molar-refractivity contribution is 0.375. The highest BCUT2D eigenvalue weighted by atomic mass is 32.2. The van der Waals surface area contributed by atoms with Gasteiger partial charge in [0, 0.05) is 25.2 Å². The number of nitrogens with zero attached hydrogens (tertiary/aromatic N) is 1. The van der Waals surface area contributed by atoms with Gasteiger partial charge in [-0.2, -0.15) is 4.31 Å². The highest BCUT2D eigenvalue weighted by Gasteiger charge is 2.37. The molecule has 0 radical (unpaired) electrons. The molecule has 2 rings (SSSR count). The van der Waals surface area contributed by atoms with E-state index in [0.717, 1.165) is 6.42 Å². The maximum absolute atomic E-state index is 14.0. The van der Waals surface area contributed by atoms with Gasteiger partial charge in [-0.1, -0.05) is 13.8 Å². The molecule has 0 saturated carbocycles. The fraction of sp³-hybridized carbons (Fsp3) is 0.600.